The summed E-state index contributed by atoms with van der Waals surface area (Å²) in [6.07, 6.45) is 0. The van der Waals surface area contributed by atoms with Gasteiger partial charge in [-0.05, 0) is 46.7 Å². The maximum atomic E-state index is 12.8. The molecule has 2 amide bonds. The van der Waals surface area contributed by atoms with Gasteiger partial charge < -0.3 is 5.32 Å². The molecule has 0 bridgehead atoms. The molecule has 0 spiro atoms. The van der Waals surface area contributed by atoms with E-state index in [1.165, 1.54) is 11.3 Å². The molecule has 1 N–H and O–H groups in total. The van der Waals surface area contributed by atoms with Crippen LogP contribution in [0.15, 0.2) is 66.0 Å². The number of para-hydroxylation sites is 1. The Kier molecular flexibility index (Phi) is 5.74. The zero-order valence-electron chi connectivity index (χ0n) is 16.3. The third-order valence-corrected chi connectivity index (χ3v) is 6.94. The van der Waals surface area contributed by atoms with E-state index in [2.05, 4.69) is 25.2 Å². The van der Waals surface area contributed by atoms with E-state index in [-0.39, 0.29) is 17.2 Å². The van der Waals surface area contributed by atoms with Gasteiger partial charge in [0.2, 0.25) is 5.91 Å². The molecule has 4 rings (SSSR count). The normalized spacial score (nSPS) is 16.4. The minimum Gasteiger partial charge on any atom is -0.321 e. The average molecular weight is 423 g/mol. The summed E-state index contributed by atoms with van der Waals surface area (Å²) in [5, 5.41) is 4.74. The Morgan fingerprint density at radius 1 is 1.10 bits per heavy atom. The van der Waals surface area contributed by atoms with Crippen LogP contribution < -0.4 is 10.2 Å². The molecule has 29 heavy (non-hydrogen) atoms. The smallest absolute Gasteiger partial charge is 0.265 e. The van der Waals surface area contributed by atoms with Crippen molar-refractivity contribution in [3.8, 4) is 0 Å². The molecule has 2 aromatic carbocycles. The molecule has 1 saturated heterocycles. The summed E-state index contributed by atoms with van der Waals surface area (Å²) in [5.41, 5.74) is 3.87. The Hall–Kier alpha value is -2.57. The highest BCUT2D eigenvalue weighted by atomic mass is 32.2. The van der Waals surface area contributed by atoms with Crippen molar-refractivity contribution >= 4 is 46.3 Å². The number of nitrogens with one attached hydrogen (secondary N) is 1. The lowest BCUT2D eigenvalue weighted by Crippen LogP contribution is -2.29. The van der Waals surface area contributed by atoms with E-state index in [0.29, 0.717) is 16.5 Å². The number of anilines is 2. The Balaban J connectivity index is 1.64. The standard InChI is InChI=1S/C23H22N2O2S2/c1-15(2)18-9-3-4-10-19(18)25-21(26)14-29-23(25)16-7-5-8-17(13-16)24-22(27)20-11-6-12-28-20/h3-13,15,23H,14H2,1-2H3,(H,24,27). The third kappa shape index (κ3) is 4.09. The van der Waals surface area contributed by atoms with Crippen LogP contribution in [0.4, 0.5) is 11.4 Å². The van der Waals surface area contributed by atoms with Gasteiger partial charge in [-0.15, -0.1) is 23.1 Å². The maximum Gasteiger partial charge on any atom is 0.265 e. The first-order valence-electron chi connectivity index (χ1n) is 9.52. The Bertz CT molecular complexity index is 1030. The number of thioether (sulfide) groups is 1. The molecule has 1 atom stereocenters. The molecule has 6 heteroatoms. The van der Waals surface area contributed by atoms with Crippen LogP contribution in [0.3, 0.4) is 0 Å². The number of hydrogen-bond acceptors (Lipinski definition) is 4. The van der Waals surface area contributed by atoms with Crippen molar-refractivity contribution in [2.75, 3.05) is 16.0 Å². The first-order chi connectivity index (χ1) is 14.0. The van der Waals surface area contributed by atoms with E-state index in [4.69, 9.17) is 0 Å². The topological polar surface area (TPSA) is 49.4 Å². The Morgan fingerprint density at radius 2 is 1.93 bits per heavy atom. The number of carbonyl (C=O) groups excluding carboxylic acids is 2. The fourth-order valence-corrected chi connectivity index (χ4v) is 5.27. The van der Waals surface area contributed by atoms with Crippen molar-refractivity contribution in [1.29, 1.82) is 0 Å². The van der Waals surface area contributed by atoms with E-state index in [0.717, 1.165) is 22.5 Å². The van der Waals surface area contributed by atoms with Crippen LogP contribution in [0.1, 0.15) is 45.9 Å². The zero-order chi connectivity index (χ0) is 20.4. The van der Waals surface area contributed by atoms with E-state index in [9.17, 15) is 9.59 Å². The van der Waals surface area contributed by atoms with Gasteiger partial charge in [0.05, 0.1) is 10.6 Å². The number of benzene rings is 2. The molecule has 1 aliphatic rings. The van der Waals surface area contributed by atoms with Crippen molar-refractivity contribution in [3.05, 3.63) is 82.0 Å². The maximum absolute atomic E-state index is 12.8. The second-order valence-corrected chi connectivity index (χ2v) is 9.21. The molecule has 3 aromatic rings. The molecule has 0 radical (unpaired) electrons. The van der Waals surface area contributed by atoms with Gasteiger partial charge in [0.25, 0.3) is 5.91 Å². The van der Waals surface area contributed by atoms with E-state index in [1.807, 2.05) is 58.8 Å². The van der Waals surface area contributed by atoms with Gasteiger partial charge in [-0.3, -0.25) is 14.5 Å². The van der Waals surface area contributed by atoms with Gasteiger partial charge in [-0.2, -0.15) is 0 Å². The number of rotatable bonds is 5. The third-order valence-electron chi connectivity index (χ3n) is 4.86. The molecule has 1 unspecified atom stereocenters. The first-order valence-corrected chi connectivity index (χ1v) is 11.4. The minimum absolute atomic E-state index is 0.110. The van der Waals surface area contributed by atoms with Gasteiger partial charge in [0.1, 0.15) is 5.37 Å². The summed E-state index contributed by atoms with van der Waals surface area (Å²) < 4.78 is 0. The quantitative estimate of drug-likeness (QED) is 0.557. The fourth-order valence-electron chi connectivity index (χ4n) is 3.50. The summed E-state index contributed by atoms with van der Waals surface area (Å²) >= 11 is 3.03. The summed E-state index contributed by atoms with van der Waals surface area (Å²) in [4.78, 5) is 27.8. The summed E-state index contributed by atoms with van der Waals surface area (Å²) in [5.74, 6) is 0.764. The molecule has 0 aliphatic carbocycles. The van der Waals surface area contributed by atoms with Gasteiger partial charge in [0, 0.05) is 11.4 Å². The Morgan fingerprint density at radius 3 is 2.69 bits per heavy atom. The largest absolute Gasteiger partial charge is 0.321 e. The van der Waals surface area contributed by atoms with Gasteiger partial charge in [-0.1, -0.05) is 50.2 Å². The molecule has 1 aromatic heterocycles. The van der Waals surface area contributed by atoms with E-state index < -0.39 is 0 Å². The predicted molar refractivity (Wildman–Crippen MR) is 122 cm³/mol. The monoisotopic (exact) mass is 422 g/mol. The highest BCUT2D eigenvalue weighted by Crippen LogP contribution is 2.44. The number of carbonyl (C=O) groups is 2. The second-order valence-electron chi connectivity index (χ2n) is 7.20. The molecule has 0 saturated carbocycles. The summed E-state index contributed by atoms with van der Waals surface area (Å²) in [6.45, 7) is 4.28. The van der Waals surface area contributed by atoms with Gasteiger partial charge in [-0.25, -0.2) is 0 Å². The number of amides is 2. The van der Waals surface area contributed by atoms with Gasteiger partial charge >= 0.3 is 0 Å². The Labute approximate surface area is 178 Å². The lowest BCUT2D eigenvalue weighted by atomic mass is 10.00. The number of nitrogens with zero attached hydrogens (tertiary/aromatic N) is 1. The molecular weight excluding hydrogens is 400 g/mol. The van der Waals surface area contributed by atoms with Crippen LogP contribution in [0.5, 0.6) is 0 Å². The van der Waals surface area contributed by atoms with Crippen molar-refractivity contribution < 1.29 is 9.59 Å². The van der Waals surface area contributed by atoms with Crippen LogP contribution in [-0.4, -0.2) is 17.6 Å². The zero-order valence-corrected chi connectivity index (χ0v) is 17.9. The highest BCUT2D eigenvalue weighted by Gasteiger charge is 2.35. The number of thiophene rings is 1. The van der Waals surface area contributed by atoms with Crippen LogP contribution >= 0.6 is 23.1 Å². The van der Waals surface area contributed by atoms with Crippen molar-refractivity contribution in [2.24, 2.45) is 0 Å². The van der Waals surface area contributed by atoms with Crippen LogP contribution in [0.25, 0.3) is 0 Å². The van der Waals surface area contributed by atoms with Crippen LogP contribution in [-0.2, 0) is 4.79 Å². The lowest BCUT2D eigenvalue weighted by Gasteiger charge is -2.28. The fraction of sp³-hybridized carbons (Fsp3) is 0.217. The van der Waals surface area contributed by atoms with Crippen molar-refractivity contribution in [3.63, 3.8) is 0 Å². The SMILES string of the molecule is CC(C)c1ccccc1N1C(=O)CSC1c1cccc(NC(=O)c2cccs2)c1. The molecule has 148 valence electrons. The van der Waals surface area contributed by atoms with E-state index in [1.54, 1.807) is 17.8 Å². The van der Waals surface area contributed by atoms with Crippen LogP contribution in [0, 0.1) is 0 Å². The number of hydrogen-bond donors (Lipinski definition) is 1. The van der Waals surface area contributed by atoms with Gasteiger partial charge in [0.15, 0.2) is 0 Å². The van der Waals surface area contributed by atoms with Crippen molar-refractivity contribution in [2.45, 2.75) is 25.1 Å². The molecular formula is C23H22N2O2S2. The van der Waals surface area contributed by atoms with Crippen molar-refractivity contribution in [1.82, 2.24) is 0 Å². The highest BCUT2D eigenvalue weighted by molar-refractivity contribution is 8.00. The minimum atomic E-state index is -0.116. The molecule has 4 nitrogen and oxygen atoms in total. The summed E-state index contributed by atoms with van der Waals surface area (Å²) in [6, 6.07) is 19.6. The lowest BCUT2D eigenvalue weighted by molar-refractivity contribution is -0.115. The molecule has 1 aliphatic heterocycles. The molecule has 1 fully saturated rings. The van der Waals surface area contributed by atoms with E-state index >= 15 is 0 Å². The molecule has 2 heterocycles. The first kappa shape index (κ1) is 19.7. The predicted octanol–water partition coefficient (Wildman–Crippen LogP) is 5.90. The second kappa shape index (κ2) is 8.43. The summed E-state index contributed by atoms with van der Waals surface area (Å²) in [7, 11) is 0. The average Bonchev–Trinajstić information content (AvgIpc) is 3.38. The van der Waals surface area contributed by atoms with Crippen LogP contribution in [0.2, 0.25) is 0 Å².